The van der Waals surface area contributed by atoms with E-state index in [1.807, 2.05) is 6.07 Å². The van der Waals surface area contributed by atoms with Crippen molar-refractivity contribution >= 4 is 29.1 Å². The average Bonchev–Trinajstić information content (AvgIpc) is 2.67. The van der Waals surface area contributed by atoms with Crippen molar-refractivity contribution in [1.82, 2.24) is 4.90 Å². The Bertz CT molecular complexity index is 827. The molecule has 0 radical (unpaired) electrons. The number of hydrogen-bond acceptors (Lipinski definition) is 4. The summed E-state index contributed by atoms with van der Waals surface area (Å²) in [7, 11) is 1.56. The van der Waals surface area contributed by atoms with E-state index in [0.717, 1.165) is 0 Å². The summed E-state index contributed by atoms with van der Waals surface area (Å²) < 4.78 is 5.18. The van der Waals surface area contributed by atoms with Gasteiger partial charge in [0.15, 0.2) is 6.10 Å². The molecule has 7 heteroatoms. The molecule has 0 bridgehead atoms. The molecule has 1 N–H and O–H groups in total. The van der Waals surface area contributed by atoms with Crippen molar-refractivity contribution in [2.75, 3.05) is 31.6 Å². The zero-order chi connectivity index (χ0) is 18.7. The topological polar surface area (TPSA) is 70.1 Å². The fourth-order valence-corrected chi connectivity index (χ4v) is 3.15. The van der Waals surface area contributed by atoms with Crippen molar-refractivity contribution in [2.24, 2.45) is 0 Å². The molecule has 1 fully saturated rings. The van der Waals surface area contributed by atoms with Crippen LogP contribution in [0.2, 0.25) is 5.02 Å². The first-order valence-electron chi connectivity index (χ1n) is 8.17. The van der Waals surface area contributed by atoms with Crippen molar-refractivity contribution in [1.29, 1.82) is 0 Å². The van der Waals surface area contributed by atoms with Crippen LogP contribution in [-0.2, 0) is 9.59 Å². The van der Waals surface area contributed by atoms with Crippen LogP contribution in [0.25, 0.3) is 0 Å². The van der Waals surface area contributed by atoms with Gasteiger partial charge >= 0.3 is 0 Å². The minimum absolute atomic E-state index is 0.0996. The first-order valence-corrected chi connectivity index (χ1v) is 8.54. The van der Waals surface area contributed by atoms with E-state index in [-0.39, 0.29) is 12.5 Å². The van der Waals surface area contributed by atoms with Crippen LogP contribution in [0.1, 0.15) is 11.7 Å². The number of carbonyl (C=O) groups excluding carboxylic acids is 2. The van der Waals surface area contributed by atoms with Gasteiger partial charge in [-0.05, 0) is 18.2 Å². The molecule has 0 unspecified atom stereocenters. The molecular weight excluding hydrogens is 356 g/mol. The molecule has 2 aromatic carbocycles. The van der Waals surface area contributed by atoms with Gasteiger partial charge in [0.25, 0.3) is 5.91 Å². The van der Waals surface area contributed by atoms with Crippen molar-refractivity contribution < 1.29 is 19.4 Å². The van der Waals surface area contributed by atoms with Crippen molar-refractivity contribution in [3.05, 3.63) is 59.1 Å². The summed E-state index contributed by atoms with van der Waals surface area (Å²) in [4.78, 5) is 28.0. The number of nitrogens with zero attached hydrogens (tertiary/aromatic N) is 2. The van der Waals surface area contributed by atoms with Crippen LogP contribution in [0.15, 0.2) is 48.5 Å². The zero-order valence-electron chi connectivity index (χ0n) is 14.3. The minimum atomic E-state index is -1.39. The summed E-state index contributed by atoms with van der Waals surface area (Å²) in [6.45, 7) is 0.563. The Hall–Kier alpha value is -2.57. The van der Waals surface area contributed by atoms with Gasteiger partial charge in [0, 0.05) is 35.4 Å². The third-order valence-corrected chi connectivity index (χ3v) is 4.68. The number of aliphatic hydroxyl groups is 1. The van der Waals surface area contributed by atoms with Gasteiger partial charge in [0.05, 0.1) is 7.11 Å². The SMILES string of the molecule is COc1cccc(N2CCN(C(=O)[C@@H](O)c3ccccc3Cl)CC2=O)c1. The molecule has 1 aliphatic heterocycles. The van der Waals surface area contributed by atoms with Crippen molar-refractivity contribution in [3.63, 3.8) is 0 Å². The normalized spacial score (nSPS) is 15.7. The summed E-state index contributed by atoms with van der Waals surface area (Å²) in [5, 5.41) is 10.7. The number of rotatable bonds is 4. The number of benzene rings is 2. The summed E-state index contributed by atoms with van der Waals surface area (Å²) >= 11 is 6.04. The molecular formula is C19H19ClN2O4. The van der Waals surface area contributed by atoms with E-state index in [2.05, 4.69) is 0 Å². The molecule has 1 heterocycles. The lowest BCUT2D eigenvalue weighted by Gasteiger charge is -2.35. The second-order valence-corrected chi connectivity index (χ2v) is 6.34. The van der Waals surface area contributed by atoms with Crippen LogP contribution in [0.4, 0.5) is 5.69 Å². The highest BCUT2D eigenvalue weighted by atomic mass is 35.5. The first kappa shape index (κ1) is 18.2. The van der Waals surface area contributed by atoms with Gasteiger partial charge in [0.1, 0.15) is 12.3 Å². The van der Waals surface area contributed by atoms with Crippen molar-refractivity contribution in [3.8, 4) is 5.75 Å². The van der Waals surface area contributed by atoms with E-state index in [1.165, 1.54) is 4.90 Å². The Morgan fingerprint density at radius 3 is 2.65 bits per heavy atom. The van der Waals surface area contributed by atoms with Gasteiger partial charge in [-0.3, -0.25) is 9.59 Å². The quantitative estimate of drug-likeness (QED) is 0.891. The van der Waals surface area contributed by atoms with Crippen LogP contribution in [0.3, 0.4) is 0 Å². The number of aliphatic hydroxyl groups excluding tert-OH is 1. The molecule has 1 saturated heterocycles. The molecule has 3 rings (SSSR count). The maximum Gasteiger partial charge on any atom is 0.256 e. The standard InChI is InChI=1S/C19H19ClN2O4/c1-26-14-6-4-5-13(11-14)22-10-9-21(12-17(22)23)19(25)18(24)15-7-2-3-8-16(15)20/h2-8,11,18,24H,9-10,12H2,1H3/t18-/m0/s1. The minimum Gasteiger partial charge on any atom is -0.497 e. The van der Waals surface area contributed by atoms with Crippen LogP contribution in [-0.4, -0.2) is 48.6 Å². The van der Waals surface area contributed by atoms with Gasteiger partial charge in [0.2, 0.25) is 5.91 Å². The number of carbonyl (C=O) groups is 2. The molecule has 6 nitrogen and oxygen atoms in total. The number of halogens is 1. The van der Waals surface area contributed by atoms with E-state index in [1.54, 1.807) is 54.5 Å². The van der Waals surface area contributed by atoms with Gasteiger partial charge in [-0.25, -0.2) is 0 Å². The van der Waals surface area contributed by atoms with Crippen LogP contribution in [0.5, 0.6) is 5.75 Å². The third kappa shape index (κ3) is 3.66. The lowest BCUT2D eigenvalue weighted by Crippen LogP contribution is -2.53. The Morgan fingerprint density at radius 1 is 1.19 bits per heavy atom. The fourth-order valence-electron chi connectivity index (χ4n) is 2.92. The Labute approximate surface area is 156 Å². The van der Waals surface area contributed by atoms with E-state index in [0.29, 0.717) is 35.1 Å². The zero-order valence-corrected chi connectivity index (χ0v) is 15.0. The first-order chi connectivity index (χ1) is 12.5. The van der Waals surface area contributed by atoms with Gasteiger partial charge in [-0.1, -0.05) is 35.9 Å². The lowest BCUT2D eigenvalue weighted by molar-refractivity contribution is -0.144. The van der Waals surface area contributed by atoms with Crippen LogP contribution >= 0.6 is 11.6 Å². The van der Waals surface area contributed by atoms with Gasteiger partial charge in [-0.15, -0.1) is 0 Å². The smallest absolute Gasteiger partial charge is 0.256 e. The lowest BCUT2D eigenvalue weighted by atomic mass is 10.1. The molecule has 0 spiro atoms. The summed E-state index contributed by atoms with van der Waals surface area (Å²) in [5.41, 5.74) is 1.05. The highest BCUT2D eigenvalue weighted by Gasteiger charge is 2.32. The highest BCUT2D eigenvalue weighted by Crippen LogP contribution is 2.26. The second kappa shape index (κ2) is 7.76. The highest BCUT2D eigenvalue weighted by molar-refractivity contribution is 6.31. The second-order valence-electron chi connectivity index (χ2n) is 5.93. The predicted octanol–water partition coefficient (Wildman–Crippen LogP) is 2.26. The van der Waals surface area contributed by atoms with E-state index in [9.17, 15) is 14.7 Å². The Kier molecular flexibility index (Phi) is 5.44. The molecule has 0 aromatic heterocycles. The van der Waals surface area contributed by atoms with Crippen molar-refractivity contribution in [2.45, 2.75) is 6.10 Å². The number of hydrogen-bond donors (Lipinski definition) is 1. The molecule has 1 aliphatic rings. The summed E-state index contributed by atoms with van der Waals surface area (Å²) in [6.07, 6.45) is -1.39. The number of ether oxygens (including phenoxy) is 1. The summed E-state index contributed by atoms with van der Waals surface area (Å²) in [5.74, 6) is -0.0936. The van der Waals surface area contributed by atoms with Gasteiger partial charge < -0.3 is 19.6 Å². The molecule has 0 aliphatic carbocycles. The predicted molar refractivity (Wildman–Crippen MR) is 98.3 cm³/mol. The maximum absolute atomic E-state index is 12.6. The Morgan fingerprint density at radius 2 is 1.96 bits per heavy atom. The number of anilines is 1. The molecule has 136 valence electrons. The van der Waals surface area contributed by atoms with E-state index in [4.69, 9.17) is 16.3 Å². The fraction of sp³-hybridized carbons (Fsp3) is 0.263. The molecule has 0 saturated carbocycles. The molecule has 1 atom stereocenters. The van der Waals surface area contributed by atoms with E-state index < -0.39 is 12.0 Å². The average molecular weight is 375 g/mol. The molecule has 2 amide bonds. The third-order valence-electron chi connectivity index (χ3n) is 4.33. The van der Waals surface area contributed by atoms with Crippen LogP contribution in [0, 0.1) is 0 Å². The number of amides is 2. The summed E-state index contributed by atoms with van der Waals surface area (Å²) in [6, 6.07) is 13.8. The van der Waals surface area contributed by atoms with E-state index >= 15 is 0 Å². The van der Waals surface area contributed by atoms with Gasteiger partial charge in [-0.2, -0.15) is 0 Å². The molecule has 2 aromatic rings. The number of methoxy groups -OCH3 is 1. The molecule has 26 heavy (non-hydrogen) atoms. The maximum atomic E-state index is 12.6. The largest absolute Gasteiger partial charge is 0.497 e. The van der Waals surface area contributed by atoms with Crippen LogP contribution < -0.4 is 9.64 Å². The monoisotopic (exact) mass is 374 g/mol. The number of piperazine rings is 1. The Balaban J connectivity index is 1.71.